The van der Waals surface area contributed by atoms with Gasteiger partial charge in [0.05, 0.1) is 31.2 Å². The van der Waals surface area contributed by atoms with Crippen molar-refractivity contribution in [3.63, 3.8) is 0 Å². The molecular formula is C31H31Cl3F3N3O4S. The molecule has 242 valence electrons. The second-order valence-corrected chi connectivity index (χ2v) is 14.0. The van der Waals surface area contributed by atoms with Crippen LogP contribution in [0.1, 0.15) is 49.3 Å². The zero-order chi connectivity index (χ0) is 33.1. The average Bonchev–Trinajstić information content (AvgIpc) is 3.49. The van der Waals surface area contributed by atoms with E-state index >= 15 is 0 Å². The molecule has 14 heteroatoms. The Hall–Kier alpha value is -2.99. The van der Waals surface area contributed by atoms with Gasteiger partial charge in [-0.05, 0) is 74.7 Å². The minimum absolute atomic E-state index is 0.0600. The van der Waals surface area contributed by atoms with E-state index in [1.807, 2.05) is 0 Å². The molecule has 2 amide bonds. The van der Waals surface area contributed by atoms with Gasteiger partial charge in [0.1, 0.15) is 12.6 Å². The average molecular weight is 705 g/mol. The summed E-state index contributed by atoms with van der Waals surface area (Å²) >= 11 is 18.1. The van der Waals surface area contributed by atoms with Crippen molar-refractivity contribution in [2.75, 3.05) is 10.8 Å². The van der Waals surface area contributed by atoms with Gasteiger partial charge in [-0.15, -0.1) is 0 Å². The van der Waals surface area contributed by atoms with Crippen LogP contribution in [0.3, 0.4) is 0 Å². The Morgan fingerprint density at radius 1 is 0.933 bits per heavy atom. The molecule has 3 aromatic carbocycles. The van der Waals surface area contributed by atoms with Crippen LogP contribution in [0.15, 0.2) is 65.6 Å². The maximum Gasteiger partial charge on any atom is 0.417 e. The summed E-state index contributed by atoms with van der Waals surface area (Å²) in [6.45, 7) is 2.16. The molecule has 0 aromatic heterocycles. The van der Waals surface area contributed by atoms with Gasteiger partial charge in [0.2, 0.25) is 11.8 Å². The van der Waals surface area contributed by atoms with Crippen molar-refractivity contribution < 1.29 is 31.2 Å². The van der Waals surface area contributed by atoms with E-state index in [4.69, 9.17) is 34.8 Å². The lowest BCUT2D eigenvalue weighted by atomic mass is 10.1. The van der Waals surface area contributed by atoms with Crippen LogP contribution in [0, 0.1) is 6.92 Å². The molecule has 1 N–H and O–H groups in total. The summed E-state index contributed by atoms with van der Waals surface area (Å²) in [4.78, 5) is 28.3. The fourth-order valence-electron chi connectivity index (χ4n) is 5.06. The first kappa shape index (κ1) is 34.9. The quantitative estimate of drug-likeness (QED) is 0.235. The molecule has 1 aliphatic rings. The van der Waals surface area contributed by atoms with Crippen molar-refractivity contribution >= 4 is 62.3 Å². The fourth-order valence-corrected chi connectivity index (χ4v) is 7.01. The van der Waals surface area contributed by atoms with Gasteiger partial charge in [-0.1, -0.05) is 71.4 Å². The van der Waals surface area contributed by atoms with Crippen molar-refractivity contribution in [3.05, 3.63) is 92.4 Å². The summed E-state index contributed by atoms with van der Waals surface area (Å²) in [7, 11) is -4.59. The van der Waals surface area contributed by atoms with E-state index in [1.54, 1.807) is 13.0 Å². The maximum absolute atomic E-state index is 14.1. The molecule has 0 saturated heterocycles. The molecule has 1 aliphatic carbocycles. The SMILES string of the molecule is Cc1ccc(S(=O)(=O)N(CC(=O)N(Cc2ccc(Cl)c(Cl)c2)C(C)C(=O)NC2CCCC2)c2ccc(Cl)c(C(F)(F)F)c2)cc1. The highest BCUT2D eigenvalue weighted by Crippen LogP contribution is 2.38. The summed E-state index contributed by atoms with van der Waals surface area (Å²) in [5.41, 5.74) is -0.456. The van der Waals surface area contributed by atoms with Gasteiger partial charge in [-0.3, -0.25) is 13.9 Å². The minimum Gasteiger partial charge on any atom is -0.352 e. The number of benzene rings is 3. The first-order chi connectivity index (χ1) is 21.1. The third-order valence-electron chi connectivity index (χ3n) is 7.64. The molecule has 45 heavy (non-hydrogen) atoms. The molecule has 0 heterocycles. The molecule has 3 aromatic rings. The normalized spacial score (nSPS) is 14.7. The lowest BCUT2D eigenvalue weighted by molar-refractivity contribution is -0.139. The Balaban J connectivity index is 1.77. The van der Waals surface area contributed by atoms with Crippen molar-refractivity contribution in [1.29, 1.82) is 0 Å². The molecule has 1 fully saturated rings. The van der Waals surface area contributed by atoms with E-state index in [-0.39, 0.29) is 27.5 Å². The fraction of sp³-hybridized carbons (Fsp3) is 0.355. The van der Waals surface area contributed by atoms with E-state index in [0.717, 1.165) is 43.4 Å². The predicted octanol–water partition coefficient (Wildman–Crippen LogP) is 7.65. The summed E-state index contributed by atoms with van der Waals surface area (Å²) in [5.74, 6) is -1.29. The van der Waals surface area contributed by atoms with Gasteiger partial charge in [0.25, 0.3) is 10.0 Å². The van der Waals surface area contributed by atoms with E-state index in [0.29, 0.717) is 15.9 Å². The molecule has 1 atom stereocenters. The van der Waals surface area contributed by atoms with Gasteiger partial charge in [0.15, 0.2) is 0 Å². The topological polar surface area (TPSA) is 86.8 Å². The summed E-state index contributed by atoms with van der Waals surface area (Å²) in [5, 5.41) is 2.78. The number of halogens is 6. The standard InChI is InChI=1S/C31H31Cl3F3N3O4S/c1-19-7-11-24(12-8-19)45(43,44)40(23-10-14-26(32)25(16-23)31(35,36)37)18-29(41)39(17-21-9-13-27(33)28(34)15-21)20(2)30(42)38-22-5-3-4-6-22/h7-16,20,22H,3-6,17-18H2,1-2H3,(H,38,42). The molecule has 0 spiro atoms. The van der Waals surface area contributed by atoms with E-state index < -0.39 is 56.9 Å². The summed E-state index contributed by atoms with van der Waals surface area (Å²) < 4.78 is 70.0. The number of carbonyl (C=O) groups is 2. The van der Waals surface area contributed by atoms with E-state index in [2.05, 4.69) is 5.32 Å². The number of carbonyl (C=O) groups excluding carboxylic acids is 2. The first-order valence-corrected chi connectivity index (χ1v) is 16.6. The lowest BCUT2D eigenvalue weighted by Crippen LogP contribution is -2.52. The first-order valence-electron chi connectivity index (χ1n) is 14.1. The molecule has 7 nitrogen and oxygen atoms in total. The predicted molar refractivity (Wildman–Crippen MR) is 169 cm³/mol. The summed E-state index contributed by atoms with van der Waals surface area (Å²) in [6, 6.07) is 11.8. The molecule has 4 rings (SSSR count). The number of anilines is 1. The minimum atomic E-state index is -4.90. The third kappa shape index (κ3) is 8.44. The number of nitrogens with zero attached hydrogens (tertiary/aromatic N) is 2. The largest absolute Gasteiger partial charge is 0.417 e. The molecular weight excluding hydrogens is 674 g/mol. The third-order valence-corrected chi connectivity index (χ3v) is 10.5. The number of nitrogens with one attached hydrogen (secondary N) is 1. The number of alkyl halides is 3. The van der Waals surface area contributed by atoms with Crippen LogP contribution in [0.4, 0.5) is 18.9 Å². The van der Waals surface area contributed by atoms with Gasteiger partial charge >= 0.3 is 6.18 Å². The van der Waals surface area contributed by atoms with Crippen LogP contribution in [0.25, 0.3) is 0 Å². The van der Waals surface area contributed by atoms with Crippen LogP contribution in [-0.2, 0) is 32.3 Å². The Bertz CT molecular complexity index is 1660. The van der Waals surface area contributed by atoms with Gasteiger partial charge in [-0.2, -0.15) is 13.2 Å². The van der Waals surface area contributed by atoms with Gasteiger partial charge in [-0.25, -0.2) is 8.42 Å². The van der Waals surface area contributed by atoms with Crippen molar-refractivity contribution in [2.24, 2.45) is 0 Å². The molecule has 0 radical (unpaired) electrons. The second-order valence-electron chi connectivity index (χ2n) is 10.9. The highest BCUT2D eigenvalue weighted by atomic mass is 35.5. The second kappa shape index (κ2) is 14.2. The Morgan fingerprint density at radius 3 is 2.16 bits per heavy atom. The number of rotatable bonds is 10. The number of amides is 2. The van der Waals surface area contributed by atoms with E-state index in [1.165, 1.54) is 48.2 Å². The Labute approximate surface area is 275 Å². The highest BCUT2D eigenvalue weighted by molar-refractivity contribution is 7.92. The lowest BCUT2D eigenvalue weighted by Gasteiger charge is -2.32. The summed E-state index contributed by atoms with van der Waals surface area (Å²) in [6.07, 6.45) is -1.40. The van der Waals surface area contributed by atoms with Crippen LogP contribution < -0.4 is 9.62 Å². The van der Waals surface area contributed by atoms with Crippen molar-refractivity contribution in [3.8, 4) is 0 Å². The number of hydrogen-bond acceptors (Lipinski definition) is 4. The molecule has 1 unspecified atom stereocenters. The van der Waals surface area contributed by atoms with Crippen molar-refractivity contribution in [2.45, 2.75) is 69.2 Å². The van der Waals surface area contributed by atoms with Gasteiger partial charge in [0, 0.05) is 12.6 Å². The smallest absolute Gasteiger partial charge is 0.352 e. The Kier molecular flexibility index (Phi) is 11.0. The van der Waals surface area contributed by atoms with Crippen LogP contribution in [-0.4, -0.2) is 43.8 Å². The van der Waals surface area contributed by atoms with Crippen LogP contribution in [0.5, 0.6) is 0 Å². The zero-order valence-corrected chi connectivity index (χ0v) is 27.5. The monoisotopic (exact) mass is 703 g/mol. The van der Waals surface area contributed by atoms with Crippen LogP contribution >= 0.6 is 34.8 Å². The van der Waals surface area contributed by atoms with Crippen molar-refractivity contribution in [1.82, 2.24) is 10.2 Å². The zero-order valence-electron chi connectivity index (χ0n) is 24.4. The van der Waals surface area contributed by atoms with E-state index in [9.17, 15) is 31.2 Å². The number of hydrogen-bond donors (Lipinski definition) is 1. The molecule has 0 aliphatic heterocycles. The maximum atomic E-state index is 14.1. The number of sulfonamides is 1. The Morgan fingerprint density at radius 2 is 1.56 bits per heavy atom. The molecule has 0 bridgehead atoms. The highest BCUT2D eigenvalue weighted by Gasteiger charge is 2.37. The number of aryl methyl sites for hydroxylation is 1. The molecule has 1 saturated carbocycles. The van der Waals surface area contributed by atoms with Gasteiger partial charge < -0.3 is 10.2 Å². The van der Waals surface area contributed by atoms with Crippen LogP contribution in [0.2, 0.25) is 15.1 Å².